The van der Waals surface area contributed by atoms with Crippen LogP contribution in [0.1, 0.15) is 41.4 Å². The summed E-state index contributed by atoms with van der Waals surface area (Å²) in [5.74, 6) is -0.662. The first-order valence-electron chi connectivity index (χ1n) is 7.83. The minimum Gasteiger partial charge on any atom is -0.248 e. The van der Waals surface area contributed by atoms with E-state index in [0.29, 0.717) is 24.4 Å². The van der Waals surface area contributed by atoms with Crippen molar-refractivity contribution in [2.75, 3.05) is 6.54 Å². The molecule has 1 aliphatic rings. The average molecular weight is 390 g/mol. The topological polar surface area (TPSA) is 50.3 Å². The summed E-state index contributed by atoms with van der Waals surface area (Å²) >= 11 is 1.37. The molecule has 1 atom stereocenters. The van der Waals surface area contributed by atoms with Crippen LogP contribution in [-0.2, 0) is 22.0 Å². The van der Waals surface area contributed by atoms with Crippen molar-refractivity contribution >= 4 is 21.4 Å². The van der Waals surface area contributed by atoms with Crippen LogP contribution in [0, 0.1) is 0 Å². The third kappa shape index (κ3) is 4.04. The number of nitrogens with zero attached hydrogens (tertiary/aromatic N) is 2. The summed E-state index contributed by atoms with van der Waals surface area (Å²) in [6.45, 7) is 0.306. The summed E-state index contributed by atoms with van der Waals surface area (Å²) < 4.78 is 66.5. The van der Waals surface area contributed by atoms with E-state index >= 15 is 0 Å². The molecule has 1 aromatic heterocycles. The number of benzene rings is 1. The molecule has 0 N–H and O–H groups in total. The molecule has 9 heteroatoms. The minimum absolute atomic E-state index is 0.224. The highest BCUT2D eigenvalue weighted by molar-refractivity contribution is 7.88. The summed E-state index contributed by atoms with van der Waals surface area (Å²) in [7, 11) is -3.89. The first-order chi connectivity index (χ1) is 11.8. The Kier molecular flexibility index (Phi) is 5.17. The Morgan fingerprint density at radius 1 is 1.24 bits per heavy atom. The quantitative estimate of drug-likeness (QED) is 0.785. The molecule has 0 bridgehead atoms. The van der Waals surface area contributed by atoms with Crippen molar-refractivity contribution in [2.24, 2.45) is 0 Å². The molecule has 1 saturated heterocycles. The monoisotopic (exact) mass is 390 g/mol. The fraction of sp³-hybridized carbons (Fsp3) is 0.438. The lowest BCUT2D eigenvalue weighted by Crippen LogP contribution is -2.39. The van der Waals surface area contributed by atoms with Crippen LogP contribution in [0.2, 0.25) is 0 Å². The van der Waals surface area contributed by atoms with Gasteiger partial charge in [-0.15, -0.1) is 11.3 Å². The molecule has 2 aromatic rings. The van der Waals surface area contributed by atoms with Crippen molar-refractivity contribution in [3.8, 4) is 0 Å². The van der Waals surface area contributed by atoms with Crippen molar-refractivity contribution < 1.29 is 21.6 Å². The molecule has 1 aliphatic heterocycles. The molecule has 0 unspecified atom stereocenters. The van der Waals surface area contributed by atoms with Crippen molar-refractivity contribution in [2.45, 2.75) is 37.2 Å². The van der Waals surface area contributed by atoms with Gasteiger partial charge in [-0.3, -0.25) is 0 Å². The number of piperidine rings is 1. The summed E-state index contributed by atoms with van der Waals surface area (Å²) in [5.41, 5.74) is -1.13. The van der Waals surface area contributed by atoms with Crippen LogP contribution in [0.3, 0.4) is 0 Å². The van der Waals surface area contributed by atoms with E-state index in [1.54, 1.807) is 11.6 Å². The van der Waals surface area contributed by atoms with E-state index in [4.69, 9.17) is 0 Å². The number of hydrogen-bond acceptors (Lipinski definition) is 4. The number of hydrogen-bond donors (Lipinski definition) is 0. The van der Waals surface area contributed by atoms with Crippen LogP contribution in [0.5, 0.6) is 0 Å². The smallest absolute Gasteiger partial charge is 0.248 e. The van der Waals surface area contributed by atoms with Gasteiger partial charge in [-0.2, -0.15) is 17.5 Å². The number of thiazole rings is 1. The van der Waals surface area contributed by atoms with Gasteiger partial charge >= 0.3 is 6.18 Å². The second kappa shape index (κ2) is 7.05. The molecule has 0 radical (unpaired) electrons. The number of alkyl halides is 3. The molecule has 0 aliphatic carbocycles. The van der Waals surface area contributed by atoms with E-state index < -0.39 is 33.6 Å². The van der Waals surface area contributed by atoms with Crippen molar-refractivity contribution in [3.05, 3.63) is 52.0 Å². The van der Waals surface area contributed by atoms with E-state index in [0.717, 1.165) is 12.5 Å². The third-order valence-corrected chi connectivity index (χ3v) is 6.91. The summed E-state index contributed by atoms with van der Waals surface area (Å²) in [4.78, 5) is 4.20. The number of halogens is 3. The molecule has 2 heterocycles. The predicted octanol–water partition coefficient (Wildman–Crippen LogP) is 4.22. The standard InChI is InChI=1S/C16H17F3N2O2S2/c17-16(18,19)13-6-2-1-5-12(13)11-25(22,23)21-9-4-3-7-14(21)15-20-8-10-24-15/h1-2,5-6,8,10,14H,3-4,7,9,11H2/t14-/m0/s1. The van der Waals surface area contributed by atoms with E-state index in [1.807, 2.05) is 0 Å². The van der Waals surface area contributed by atoms with Gasteiger partial charge in [-0.1, -0.05) is 24.6 Å². The molecule has 0 amide bonds. The SMILES string of the molecule is O=S(=O)(Cc1ccccc1C(F)(F)F)N1CCCC[C@H]1c1nccs1. The molecule has 1 fully saturated rings. The van der Waals surface area contributed by atoms with Gasteiger partial charge in [-0.05, 0) is 24.5 Å². The van der Waals surface area contributed by atoms with Crippen LogP contribution in [0.4, 0.5) is 13.2 Å². The highest BCUT2D eigenvalue weighted by atomic mass is 32.2. The van der Waals surface area contributed by atoms with Gasteiger partial charge in [0.05, 0.1) is 17.4 Å². The second-order valence-corrected chi connectivity index (χ2v) is 8.75. The molecule has 4 nitrogen and oxygen atoms in total. The normalized spacial score (nSPS) is 19.9. The Balaban J connectivity index is 1.91. The zero-order valence-electron chi connectivity index (χ0n) is 13.2. The first kappa shape index (κ1) is 18.3. The second-order valence-electron chi connectivity index (χ2n) is 5.90. The van der Waals surface area contributed by atoms with Crippen molar-refractivity contribution in [1.82, 2.24) is 9.29 Å². The maximum Gasteiger partial charge on any atom is 0.416 e. The van der Waals surface area contributed by atoms with E-state index in [1.165, 1.54) is 33.8 Å². The lowest BCUT2D eigenvalue weighted by Gasteiger charge is -2.33. The Bertz CT molecular complexity index is 820. The molecule has 0 spiro atoms. The fourth-order valence-electron chi connectivity index (χ4n) is 3.09. The Labute approximate surface area is 148 Å². The minimum atomic E-state index is -4.58. The van der Waals surface area contributed by atoms with Gasteiger partial charge in [0.15, 0.2) is 0 Å². The lowest BCUT2D eigenvalue weighted by atomic mass is 10.1. The Morgan fingerprint density at radius 3 is 2.68 bits per heavy atom. The molecule has 1 aromatic carbocycles. The highest BCUT2D eigenvalue weighted by Crippen LogP contribution is 2.37. The largest absolute Gasteiger partial charge is 0.416 e. The molecule has 3 rings (SSSR count). The van der Waals surface area contributed by atoms with Crippen LogP contribution in [-0.4, -0.2) is 24.3 Å². The summed E-state index contributed by atoms with van der Waals surface area (Å²) in [6.07, 6.45) is -0.772. The third-order valence-electron chi connectivity index (χ3n) is 4.21. The Hall–Kier alpha value is -1.45. The van der Waals surface area contributed by atoms with Crippen LogP contribution in [0.25, 0.3) is 0 Å². The number of rotatable bonds is 4. The van der Waals surface area contributed by atoms with Crippen molar-refractivity contribution in [1.29, 1.82) is 0 Å². The Morgan fingerprint density at radius 2 is 2.00 bits per heavy atom. The zero-order valence-corrected chi connectivity index (χ0v) is 14.9. The summed E-state index contributed by atoms with van der Waals surface area (Å²) in [5, 5.41) is 2.46. The van der Waals surface area contributed by atoms with Crippen LogP contribution in [0.15, 0.2) is 35.8 Å². The fourth-order valence-corrected chi connectivity index (χ4v) is 5.75. The van der Waals surface area contributed by atoms with Gasteiger partial charge in [0.2, 0.25) is 10.0 Å². The molecular formula is C16H17F3N2O2S2. The zero-order chi connectivity index (χ0) is 18.1. The number of sulfonamides is 1. The first-order valence-corrected chi connectivity index (χ1v) is 10.3. The molecular weight excluding hydrogens is 373 g/mol. The average Bonchev–Trinajstić information content (AvgIpc) is 3.08. The van der Waals surface area contributed by atoms with Crippen LogP contribution < -0.4 is 0 Å². The molecule has 0 saturated carbocycles. The van der Waals surface area contributed by atoms with Crippen molar-refractivity contribution in [3.63, 3.8) is 0 Å². The summed E-state index contributed by atoms with van der Waals surface area (Å²) in [6, 6.07) is 4.44. The van der Waals surface area contributed by atoms with Gasteiger partial charge in [0.25, 0.3) is 0 Å². The van der Waals surface area contributed by atoms with E-state index in [-0.39, 0.29) is 5.56 Å². The maximum atomic E-state index is 13.1. The maximum absolute atomic E-state index is 13.1. The molecule has 25 heavy (non-hydrogen) atoms. The van der Waals surface area contributed by atoms with Crippen LogP contribution >= 0.6 is 11.3 Å². The van der Waals surface area contributed by atoms with Gasteiger partial charge < -0.3 is 0 Å². The van der Waals surface area contributed by atoms with Gasteiger partial charge in [0, 0.05) is 18.1 Å². The van der Waals surface area contributed by atoms with Gasteiger partial charge in [-0.25, -0.2) is 13.4 Å². The van der Waals surface area contributed by atoms with E-state index in [2.05, 4.69) is 4.98 Å². The predicted molar refractivity (Wildman–Crippen MR) is 89.5 cm³/mol. The van der Waals surface area contributed by atoms with E-state index in [9.17, 15) is 21.6 Å². The molecule has 136 valence electrons. The number of aromatic nitrogens is 1. The lowest BCUT2D eigenvalue weighted by molar-refractivity contribution is -0.138. The highest BCUT2D eigenvalue weighted by Gasteiger charge is 2.38. The van der Waals surface area contributed by atoms with Gasteiger partial charge in [0.1, 0.15) is 5.01 Å².